The van der Waals surface area contributed by atoms with Gasteiger partial charge in [0.05, 0.1) is 10.1 Å². The van der Waals surface area contributed by atoms with Crippen LogP contribution in [0, 0.1) is 0 Å². The highest BCUT2D eigenvalue weighted by atomic mass is 32.2. The van der Waals surface area contributed by atoms with Crippen molar-refractivity contribution in [1.82, 2.24) is 4.98 Å². The summed E-state index contributed by atoms with van der Waals surface area (Å²) in [5.41, 5.74) is 2.70. The van der Waals surface area contributed by atoms with E-state index in [-0.39, 0.29) is 0 Å². The second-order valence-electron chi connectivity index (χ2n) is 5.33. The molecule has 0 unspecified atom stereocenters. The van der Waals surface area contributed by atoms with E-state index in [1.807, 2.05) is 42.6 Å². The number of rotatable bonds is 3. The minimum atomic E-state index is -3.32. The maximum atomic E-state index is 12.6. The van der Waals surface area contributed by atoms with Gasteiger partial charge in [-0.05, 0) is 37.6 Å². The summed E-state index contributed by atoms with van der Waals surface area (Å²) in [6.07, 6.45) is 1.87. The van der Waals surface area contributed by atoms with Crippen molar-refractivity contribution in [3.63, 3.8) is 0 Å². The third-order valence-corrected chi connectivity index (χ3v) is 5.91. The van der Waals surface area contributed by atoms with Crippen LogP contribution in [0.25, 0.3) is 22.0 Å². The molecule has 21 heavy (non-hydrogen) atoms. The van der Waals surface area contributed by atoms with Gasteiger partial charge in [0.2, 0.25) is 0 Å². The SMILES string of the molecule is CC(C)S(=O)(=O)c1ccccc1-c1cccc2[nH]ccc12. The number of H-pyrrole nitrogens is 1. The van der Waals surface area contributed by atoms with Crippen LogP contribution < -0.4 is 0 Å². The molecule has 0 aliphatic rings. The lowest BCUT2D eigenvalue weighted by atomic mass is 10.0. The number of sulfone groups is 1. The van der Waals surface area contributed by atoms with E-state index in [2.05, 4.69) is 4.98 Å². The van der Waals surface area contributed by atoms with E-state index in [0.717, 1.165) is 22.0 Å². The molecule has 4 heteroatoms. The van der Waals surface area contributed by atoms with Crippen LogP contribution in [0.3, 0.4) is 0 Å². The van der Waals surface area contributed by atoms with Gasteiger partial charge in [0.25, 0.3) is 0 Å². The minimum Gasteiger partial charge on any atom is -0.361 e. The highest BCUT2D eigenvalue weighted by Gasteiger charge is 2.23. The highest BCUT2D eigenvalue weighted by Crippen LogP contribution is 2.34. The standard InChI is InChI=1S/C17H17NO2S/c1-12(2)21(19,20)17-9-4-3-6-15(17)13-7-5-8-16-14(13)10-11-18-16/h3-12,18H,1-2H3. The van der Waals surface area contributed by atoms with Crippen molar-refractivity contribution < 1.29 is 8.42 Å². The lowest BCUT2D eigenvalue weighted by Crippen LogP contribution is -2.14. The van der Waals surface area contributed by atoms with E-state index in [9.17, 15) is 8.42 Å². The molecular weight excluding hydrogens is 282 g/mol. The van der Waals surface area contributed by atoms with Crippen LogP contribution in [0.4, 0.5) is 0 Å². The molecule has 0 spiro atoms. The molecule has 0 aliphatic heterocycles. The Balaban J connectivity index is 2.32. The number of hydrogen-bond acceptors (Lipinski definition) is 2. The van der Waals surface area contributed by atoms with Crippen LogP contribution in [-0.4, -0.2) is 18.7 Å². The first kappa shape index (κ1) is 13.9. The molecule has 3 nitrogen and oxygen atoms in total. The van der Waals surface area contributed by atoms with E-state index >= 15 is 0 Å². The molecule has 0 fully saturated rings. The van der Waals surface area contributed by atoms with E-state index in [1.54, 1.807) is 26.0 Å². The predicted molar refractivity (Wildman–Crippen MR) is 86.1 cm³/mol. The molecule has 0 amide bonds. The van der Waals surface area contributed by atoms with Gasteiger partial charge in [-0.25, -0.2) is 8.42 Å². The third kappa shape index (κ3) is 2.25. The molecule has 2 aromatic carbocycles. The molecule has 3 rings (SSSR count). The number of fused-ring (bicyclic) bond motifs is 1. The average Bonchev–Trinajstić information content (AvgIpc) is 2.95. The first-order valence-corrected chi connectivity index (χ1v) is 8.46. The Morgan fingerprint density at radius 1 is 0.905 bits per heavy atom. The van der Waals surface area contributed by atoms with Gasteiger partial charge in [-0.1, -0.05) is 30.3 Å². The molecule has 0 aliphatic carbocycles. The lowest BCUT2D eigenvalue weighted by molar-refractivity contribution is 0.587. The summed E-state index contributed by atoms with van der Waals surface area (Å²) < 4.78 is 25.2. The van der Waals surface area contributed by atoms with Gasteiger partial charge in [-0.15, -0.1) is 0 Å². The zero-order chi connectivity index (χ0) is 15.0. The van der Waals surface area contributed by atoms with Gasteiger partial charge in [0.1, 0.15) is 0 Å². The zero-order valence-corrected chi connectivity index (χ0v) is 12.8. The van der Waals surface area contributed by atoms with Gasteiger partial charge in [0.15, 0.2) is 9.84 Å². The molecule has 0 saturated heterocycles. The van der Waals surface area contributed by atoms with Crippen LogP contribution in [0.2, 0.25) is 0 Å². The summed E-state index contributed by atoms with van der Waals surface area (Å²) in [4.78, 5) is 3.56. The van der Waals surface area contributed by atoms with Crippen molar-refractivity contribution in [3.8, 4) is 11.1 Å². The smallest absolute Gasteiger partial charge is 0.181 e. The molecule has 3 aromatic rings. The Labute approximate surface area is 124 Å². The molecule has 1 heterocycles. The number of nitrogens with one attached hydrogen (secondary N) is 1. The largest absolute Gasteiger partial charge is 0.361 e. The van der Waals surface area contributed by atoms with Gasteiger partial charge in [-0.3, -0.25) is 0 Å². The van der Waals surface area contributed by atoms with Crippen molar-refractivity contribution in [3.05, 3.63) is 54.7 Å². The number of aromatic nitrogens is 1. The molecule has 0 radical (unpaired) electrons. The first-order valence-electron chi connectivity index (χ1n) is 6.91. The minimum absolute atomic E-state index is 0.397. The fourth-order valence-electron chi connectivity index (χ4n) is 2.51. The van der Waals surface area contributed by atoms with Crippen LogP contribution in [-0.2, 0) is 9.84 Å². The molecule has 1 N–H and O–H groups in total. The van der Waals surface area contributed by atoms with Gasteiger partial charge in [0, 0.05) is 22.7 Å². The monoisotopic (exact) mass is 299 g/mol. The Morgan fingerprint density at radius 3 is 2.38 bits per heavy atom. The summed E-state index contributed by atoms with van der Waals surface area (Å²) in [5, 5.41) is 0.591. The summed E-state index contributed by atoms with van der Waals surface area (Å²) in [5.74, 6) is 0. The first-order chi connectivity index (χ1) is 10.0. The topological polar surface area (TPSA) is 49.9 Å². The lowest BCUT2D eigenvalue weighted by Gasteiger charge is -2.13. The Kier molecular flexibility index (Phi) is 3.33. The van der Waals surface area contributed by atoms with Crippen LogP contribution in [0.15, 0.2) is 59.6 Å². The molecule has 0 bridgehead atoms. The Hall–Kier alpha value is -2.07. The predicted octanol–water partition coefficient (Wildman–Crippen LogP) is 4.02. The van der Waals surface area contributed by atoms with Crippen molar-refractivity contribution in [2.75, 3.05) is 0 Å². The summed E-state index contributed by atoms with van der Waals surface area (Å²) in [6, 6.07) is 15.1. The molecule has 108 valence electrons. The summed E-state index contributed by atoms with van der Waals surface area (Å²) >= 11 is 0. The maximum Gasteiger partial charge on any atom is 0.181 e. The number of hydrogen-bond donors (Lipinski definition) is 1. The van der Waals surface area contributed by atoms with Crippen molar-refractivity contribution >= 4 is 20.7 Å². The number of aromatic amines is 1. The zero-order valence-electron chi connectivity index (χ0n) is 12.0. The fourth-order valence-corrected chi connectivity index (χ4v) is 3.77. The molecule has 0 saturated carbocycles. The summed E-state index contributed by atoms with van der Waals surface area (Å²) in [6.45, 7) is 3.42. The van der Waals surface area contributed by atoms with Crippen LogP contribution in [0.5, 0.6) is 0 Å². The van der Waals surface area contributed by atoms with E-state index in [0.29, 0.717) is 4.90 Å². The Bertz CT molecular complexity index is 892. The fraction of sp³-hybridized carbons (Fsp3) is 0.176. The van der Waals surface area contributed by atoms with E-state index in [1.165, 1.54) is 0 Å². The van der Waals surface area contributed by atoms with Crippen molar-refractivity contribution in [1.29, 1.82) is 0 Å². The van der Waals surface area contributed by atoms with Gasteiger partial charge >= 0.3 is 0 Å². The van der Waals surface area contributed by atoms with E-state index in [4.69, 9.17) is 0 Å². The third-order valence-electron chi connectivity index (χ3n) is 3.70. The molecular formula is C17H17NO2S. The van der Waals surface area contributed by atoms with Gasteiger partial charge in [-0.2, -0.15) is 0 Å². The number of benzene rings is 2. The highest BCUT2D eigenvalue weighted by molar-refractivity contribution is 7.92. The molecule has 1 aromatic heterocycles. The Morgan fingerprint density at radius 2 is 1.62 bits per heavy atom. The quantitative estimate of drug-likeness (QED) is 0.794. The van der Waals surface area contributed by atoms with Crippen molar-refractivity contribution in [2.24, 2.45) is 0 Å². The average molecular weight is 299 g/mol. The van der Waals surface area contributed by atoms with Crippen LogP contribution in [0.1, 0.15) is 13.8 Å². The maximum absolute atomic E-state index is 12.6. The van der Waals surface area contributed by atoms with Crippen molar-refractivity contribution in [2.45, 2.75) is 24.0 Å². The summed E-state index contributed by atoms with van der Waals surface area (Å²) in [7, 11) is -3.32. The van der Waals surface area contributed by atoms with Crippen LogP contribution >= 0.6 is 0 Å². The van der Waals surface area contributed by atoms with E-state index < -0.39 is 15.1 Å². The second-order valence-corrected chi connectivity index (χ2v) is 7.81. The normalized spacial score (nSPS) is 12.1. The second kappa shape index (κ2) is 5.04. The van der Waals surface area contributed by atoms with Gasteiger partial charge < -0.3 is 4.98 Å². The molecule has 0 atom stereocenters.